The van der Waals surface area contributed by atoms with E-state index in [1.165, 1.54) is 0 Å². The Morgan fingerprint density at radius 3 is 2.27 bits per heavy atom. The third-order valence-corrected chi connectivity index (χ3v) is 5.00. The standard InChI is InChI=1S/C22H34N2O4.C2H6/c1-4-21(25)18-9-12-24(13-10-18)20-7-5-19(6-8-20)22(26)23-11-14-27-15-16-28-17(2)3;1-2/h5-8,17-18H,4,9-16H2,1-3H3,(H,23,26);1-2H3. The molecular weight excluding hydrogens is 380 g/mol. The quantitative estimate of drug-likeness (QED) is 0.546. The number of hydrogen-bond acceptors (Lipinski definition) is 5. The summed E-state index contributed by atoms with van der Waals surface area (Å²) in [6.45, 7) is 13.7. The van der Waals surface area contributed by atoms with Gasteiger partial charge in [-0.25, -0.2) is 0 Å². The van der Waals surface area contributed by atoms with Crippen LogP contribution in [0.25, 0.3) is 0 Å². The van der Waals surface area contributed by atoms with Crippen LogP contribution in [0.15, 0.2) is 24.3 Å². The van der Waals surface area contributed by atoms with Gasteiger partial charge in [0.25, 0.3) is 5.91 Å². The van der Waals surface area contributed by atoms with E-state index in [2.05, 4.69) is 10.2 Å². The molecule has 0 bridgehead atoms. The van der Waals surface area contributed by atoms with Gasteiger partial charge in [0.15, 0.2) is 0 Å². The fraction of sp³-hybridized carbons (Fsp3) is 0.667. The third kappa shape index (κ3) is 9.26. The second-order valence-electron chi connectivity index (χ2n) is 7.42. The number of rotatable bonds is 11. The van der Waals surface area contributed by atoms with Crippen LogP contribution in [-0.2, 0) is 14.3 Å². The van der Waals surface area contributed by atoms with Gasteiger partial charge in [-0.3, -0.25) is 9.59 Å². The Morgan fingerprint density at radius 1 is 1.07 bits per heavy atom. The number of ether oxygens (including phenoxy) is 2. The minimum Gasteiger partial charge on any atom is -0.377 e. The summed E-state index contributed by atoms with van der Waals surface area (Å²) >= 11 is 0. The van der Waals surface area contributed by atoms with Crippen LogP contribution in [0.5, 0.6) is 0 Å². The molecule has 6 heteroatoms. The topological polar surface area (TPSA) is 67.9 Å². The average molecular weight is 421 g/mol. The van der Waals surface area contributed by atoms with Crippen molar-refractivity contribution in [3.05, 3.63) is 29.8 Å². The number of Topliss-reactive ketones (excluding diaryl/α,β-unsaturated/α-hetero) is 1. The van der Waals surface area contributed by atoms with Crippen LogP contribution in [-0.4, -0.2) is 57.2 Å². The molecular formula is C24H40N2O4. The maximum atomic E-state index is 12.2. The van der Waals surface area contributed by atoms with Crippen LogP contribution < -0.4 is 10.2 Å². The Bertz CT molecular complexity index is 608. The average Bonchev–Trinajstić information content (AvgIpc) is 2.79. The summed E-state index contributed by atoms with van der Waals surface area (Å²) in [5, 5.41) is 2.87. The van der Waals surface area contributed by atoms with Crippen molar-refractivity contribution in [1.29, 1.82) is 0 Å². The first kappa shape index (κ1) is 26.1. The molecule has 1 aromatic rings. The van der Waals surface area contributed by atoms with Crippen LogP contribution in [0.2, 0.25) is 0 Å². The van der Waals surface area contributed by atoms with Gasteiger partial charge in [-0.1, -0.05) is 20.8 Å². The summed E-state index contributed by atoms with van der Waals surface area (Å²) in [6.07, 6.45) is 2.66. The summed E-state index contributed by atoms with van der Waals surface area (Å²) in [7, 11) is 0. The molecule has 1 heterocycles. The molecule has 0 saturated carbocycles. The molecule has 1 aliphatic heterocycles. The maximum Gasteiger partial charge on any atom is 0.251 e. The molecule has 1 amide bonds. The zero-order chi connectivity index (χ0) is 22.4. The van der Waals surface area contributed by atoms with Crippen LogP contribution >= 0.6 is 0 Å². The van der Waals surface area contributed by atoms with Crippen LogP contribution in [0.4, 0.5) is 5.69 Å². The minimum atomic E-state index is -0.0965. The van der Waals surface area contributed by atoms with Gasteiger partial charge in [-0.2, -0.15) is 0 Å². The lowest BCUT2D eigenvalue weighted by atomic mass is 9.91. The fourth-order valence-electron chi connectivity index (χ4n) is 3.36. The first-order valence-corrected chi connectivity index (χ1v) is 11.4. The molecule has 0 radical (unpaired) electrons. The lowest BCUT2D eigenvalue weighted by Crippen LogP contribution is -2.36. The highest BCUT2D eigenvalue weighted by atomic mass is 16.5. The molecule has 30 heavy (non-hydrogen) atoms. The van der Waals surface area contributed by atoms with Crippen molar-refractivity contribution in [2.75, 3.05) is 44.4 Å². The molecule has 1 N–H and O–H groups in total. The molecule has 1 saturated heterocycles. The number of carbonyl (C=O) groups excluding carboxylic acids is 2. The Balaban J connectivity index is 0.00000218. The summed E-state index contributed by atoms with van der Waals surface area (Å²) in [4.78, 5) is 26.3. The molecule has 6 nitrogen and oxygen atoms in total. The van der Waals surface area contributed by atoms with E-state index in [9.17, 15) is 9.59 Å². The van der Waals surface area contributed by atoms with E-state index in [0.717, 1.165) is 31.6 Å². The first-order chi connectivity index (χ1) is 14.5. The van der Waals surface area contributed by atoms with Gasteiger partial charge in [0.2, 0.25) is 0 Å². The number of nitrogens with zero attached hydrogens (tertiary/aromatic N) is 1. The van der Waals surface area contributed by atoms with Gasteiger partial charge < -0.3 is 19.7 Å². The van der Waals surface area contributed by atoms with Crippen molar-refractivity contribution in [2.45, 2.75) is 60.0 Å². The van der Waals surface area contributed by atoms with Crippen molar-refractivity contribution in [1.82, 2.24) is 5.32 Å². The molecule has 0 unspecified atom stereocenters. The van der Waals surface area contributed by atoms with E-state index in [-0.39, 0.29) is 17.9 Å². The molecule has 1 aliphatic rings. The third-order valence-electron chi connectivity index (χ3n) is 5.00. The summed E-state index contributed by atoms with van der Waals surface area (Å²) < 4.78 is 10.8. The number of carbonyl (C=O) groups is 2. The number of anilines is 1. The van der Waals surface area contributed by atoms with E-state index >= 15 is 0 Å². The summed E-state index contributed by atoms with van der Waals surface area (Å²) in [5.74, 6) is 0.495. The number of amides is 1. The van der Waals surface area contributed by atoms with Crippen molar-refractivity contribution in [2.24, 2.45) is 5.92 Å². The van der Waals surface area contributed by atoms with E-state index in [4.69, 9.17) is 9.47 Å². The van der Waals surface area contributed by atoms with Crippen LogP contribution in [0.3, 0.4) is 0 Å². The lowest BCUT2D eigenvalue weighted by molar-refractivity contribution is -0.123. The van der Waals surface area contributed by atoms with Gasteiger partial charge in [-0.15, -0.1) is 0 Å². The molecule has 0 atom stereocenters. The molecule has 1 fully saturated rings. The zero-order valence-corrected chi connectivity index (χ0v) is 19.4. The smallest absolute Gasteiger partial charge is 0.251 e. The molecule has 0 spiro atoms. The van der Waals surface area contributed by atoms with Crippen molar-refractivity contribution < 1.29 is 19.1 Å². The van der Waals surface area contributed by atoms with E-state index in [1.54, 1.807) is 0 Å². The lowest BCUT2D eigenvalue weighted by Gasteiger charge is -2.33. The first-order valence-electron chi connectivity index (χ1n) is 11.4. The Labute approximate surface area is 182 Å². The second-order valence-corrected chi connectivity index (χ2v) is 7.42. The van der Waals surface area contributed by atoms with Gasteiger partial charge >= 0.3 is 0 Å². The van der Waals surface area contributed by atoms with E-state index in [0.29, 0.717) is 44.1 Å². The number of ketones is 1. The van der Waals surface area contributed by atoms with E-state index in [1.807, 2.05) is 58.9 Å². The van der Waals surface area contributed by atoms with Gasteiger partial charge in [0.1, 0.15) is 5.78 Å². The van der Waals surface area contributed by atoms with Gasteiger partial charge in [0.05, 0.1) is 25.9 Å². The van der Waals surface area contributed by atoms with Crippen LogP contribution in [0.1, 0.15) is 64.2 Å². The number of benzene rings is 1. The maximum absolute atomic E-state index is 12.2. The minimum absolute atomic E-state index is 0.0965. The van der Waals surface area contributed by atoms with Crippen molar-refractivity contribution in [3.8, 4) is 0 Å². The predicted octanol–water partition coefficient (Wildman–Crippen LogP) is 4.08. The highest BCUT2D eigenvalue weighted by Gasteiger charge is 2.23. The summed E-state index contributed by atoms with van der Waals surface area (Å²) in [6, 6.07) is 7.67. The number of hydrogen-bond donors (Lipinski definition) is 1. The normalized spacial score (nSPS) is 14.3. The highest BCUT2D eigenvalue weighted by Crippen LogP contribution is 2.24. The monoisotopic (exact) mass is 420 g/mol. The molecule has 170 valence electrons. The molecule has 2 rings (SSSR count). The molecule has 0 aromatic heterocycles. The largest absolute Gasteiger partial charge is 0.377 e. The number of nitrogens with one attached hydrogen (secondary N) is 1. The molecule has 0 aliphatic carbocycles. The SMILES string of the molecule is CC.CCC(=O)C1CCN(c2ccc(C(=O)NCCOCCOC(C)C)cc2)CC1. The highest BCUT2D eigenvalue weighted by molar-refractivity contribution is 5.94. The summed E-state index contributed by atoms with van der Waals surface area (Å²) in [5.41, 5.74) is 1.75. The fourth-order valence-corrected chi connectivity index (χ4v) is 3.36. The van der Waals surface area contributed by atoms with Crippen molar-refractivity contribution in [3.63, 3.8) is 0 Å². The Hall–Kier alpha value is -1.92. The van der Waals surface area contributed by atoms with Crippen LogP contribution in [0, 0.1) is 5.92 Å². The van der Waals surface area contributed by atoms with Gasteiger partial charge in [0, 0.05) is 43.2 Å². The molecule has 1 aromatic carbocycles. The number of piperidine rings is 1. The zero-order valence-electron chi connectivity index (χ0n) is 19.4. The Morgan fingerprint density at radius 2 is 1.70 bits per heavy atom. The van der Waals surface area contributed by atoms with E-state index < -0.39 is 0 Å². The second kappa shape index (κ2) is 15.0. The van der Waals surface area contributed by atoms with Crippen molar-refractivity contribution >= 4 is 17.4 Å². The Kier molecular flexibility index (Phi) is 13.0. The predicted molar refractivity (Wildman–Crippen MR) is 122 cm³/mol. The van der Waals surface area contributed by atoms with Gasteiger partial charge in [-0.05, 0) is 51.0 Å².